The summed E-state index contributed by atoms with van der Waals surface area (Å²) in [6.07, 6.45) is 1.05. The highest BCUT2D eigenvalue weighted by Gasteiger charge is 2.23. The average Bonchev–Trinajstić information content (AvgIpc) is 2.92. The largest absolute Gasteiger partial charge is 0.378 e. The lowest BCUT2D eigenvalue weighted by Gasteiger charge is -2.11. The molecule has 0 aromatic heterocycles. The van der Waals surface area contributed by atoms with Gasteiger partial charge in [0.1, 0.15) is 0 Å². The minimum atomic E-state index is 0.379. The number of benzene rings is 3. The molecule has 98 valence electrons. The van der Waals surface area contributed by atoms with Crippen molar-refractivity contribution in [1.29, 1.82) is 0 Å². The van der Waals surface area contributed by atoms with Crippen LogP contribution in [0.25, 0.3) is 10.8 Å². The Morgan fingerprint density at radius 2 is 1.70 bits per heavy atom. The van der Waals surface area contributed by atoms with Gasteiger partial charge < -0.3 is 5.32 Å². The van der Waals surface area contributed by atoms with E-state index < -0.39 is 0 Å². The summed E-state index contributed by atoms with van der Waals surface area (Å²) >= 11 is 3.49. The molecule has 1 N–H and O–H groups in total. The minimum Gasteiger partial charge on any atom is -0.378 e. The number of halogens is 1. The third-order valence-corrected chi connectivity index (χ3v) is 4.58. The van der Waals surface area contributed by atoms with Crippen molar-refractivity contribution in [3.8, 4) is 0 Å². The fraction of sp³-hybridized carbons (Fsp3) is 0.111. The quantitative estimate of drug-likeness (QED) is 0.639. The molecule has 0 saturated heterocycles. The van der Waals surface area contributed by atoms with Crippen LogP contribution in [-0.4, -0.2) is 0 Å². The van der Waals surface area contributed by atoms with Crippen molar-refractivity contribution in [2.24, 2.45) is 0 Å². The Kier molecular flexibility index (Phi) is 2.78. The Bertz CT molecular complexity index is 777. The van der Waals surface area contributed by atoms with Crippen molar-refractivity contribution >= 4 is 32.4 Å². The maximum absolute atomic E-state index is 3.65. The first-order valence-electron chi connectivity index (χ1n) is 6.84. The van der Waals surface area contributed by atoms with Gasteiger partial charge in [0.25, 0.3) is 0 Å². The van der Waals surface area contributed by atoms with E-state index in [1.54, 1.807) is 0 Å². The first-order chi connectivity index (χ1) is 9.81. The highest BCUT2D eigenvalue weighted by Crippen LogP contribution is 2.38. The second kappa shape index (κ2) is 4.64. The van der Waals surface area contributed by atoms with Gasteiger partial charge in [-0.1, -0.05) is 58.4 Å². The molecular formula is C18H14BrN. The van der Waals surface area contributed by atoms with Gasteiger partial charge in [-0.15, -0.1) is 0 Å². The predicted octanol–water partition coefficient (Wildman–Crippen LogP) is 5.31. The van der Waals surface area contributed by atoms with Crippen LogP contribution in [0.5, 0.6) is 0 Å². The molecule has 4 rings (SSSR count). The molecule has 0 spiro atoms. The first kappa shape index (κ1) is 12.0. The van der Waals surface area contributed by atoms with E-state index in [0.717, 1.165) is 10.9 Å². The van der Waals surface area contributed by atoms with Crippen LogP contribution in [0.3, 0.4) is 0 Å². The normalized spacial score (nSPS) is 16.9. The number of hydrogen-bond donors (Lipinski definition) is 1. The molecule has 0 fully saturated rings. The van der Waals surface area contributed by atoms with Crippen LogP contribution >= 0.6 is 15.9 Å². The summed E-state index contributed by atoms with van der Waals surface area (Å²) in [6, 6.07) is 22.0. The molecule has 1 atom stereocenters. The Balaban J connectivity index is 1.76. The second-order valence-electron chi connectivity index (χ2n) is 5.27. The molecule has 2 heteroatoms. The zero-order valence-corrected chi connectivity index (χ0v) is 12.5. The summed E-state index contributed by atoms with van der Waals surface area (Å²) in [4.78, 5) is 0. The van der Waals surface area contributed by atoms with E-state index in [1.807, 2.05) is 0 Å². The van der Waals surface area contributed by atoms with Gasteiger partial charge >= 0.3 is 0 Å². The van der Waals surface area contributed by atoms with Crippen LogP contribution in [0.2, 0.25) is 0 Å². The van der Waals surface area contributed by atoms with Crippen LogP contribution in [0.4, 0.5) is 5.69 Å². The standard InChI is InChI=1S/C18H14BrN/c19-14-8-5-13(6-9-14)18-11-16-15-4-2-1-3-12(15)7-10-17(16)20-18/h1-10,18,20H,11H2. The van der Waals surface area contributed by atoms with Crippen LogP contribution in [-0.2, 0) is 6.42 Å². The van der Waals surface area contributed by atoms with E-state index in [9.17, 15) is 0 Å². The predicted molar refractivity (Wildman–Crippen MR) is 88.2 cm³/mol. The Morgan fingerprint density at radius 1 is 0.900 bits per heavy atom. The molecule has 1 unspecified atom stereocenters. The summed E-state index contributed by atoms with van der Waals surface area (Å²) in [5.74, 6) is 0. The van der Waals surface area contributed by atoms with Gasteiger partial charge in [-0.2, -0.15) is 0 Å². The number of hydrogen-bond acceptors (Lipinski definition) is 1. The summed E-state index contributed by atoms with van der Waals surface area (Å²) in [6.45, 7) is 0. The Hall–Kier alpha value is -1.80. The lowest BCUT2D eigenvalue weighted by Crippen LogP contribution is -2.05. The molecule has 0 amide bonds. The summed E-state index contributed by atoms with van der Waals surface area (Å²) in [7, 11) is 0. The van der Waals surface area contributed by atoms with Crippen LogP contribution in [0.15, 0.2) is 65.1 Å². The molecule has 1 nitrogen and oxygen atoms in total. The molecule has 1 aliphatic rings. The van der Waals surface area contributed by atoms with E-state index in [1.165, 1.54) is 27.6 Å². The number of anilines is 1. The smallest absolute Gasteiger partial charge is 0.0555 e. The molecule has 0 radical (unpaired) electrons. The SMILES string of the molecule is Brc1ccc(C2Cc3c(ccc4ccccc34)N2)cc1. The van der Waals surface area contributed by atoms with Gasteiger partial charge in [-0.3, -0.25) is 0 Å². The van der Waals surface area contributed by atoms with Crippen LogP contribution in [0.1, 0.15) is 17.2 Å². The molecule has 0 aliphatic carbocycles. The van der Waals surface area contributed by atoms with Gasteiger partial charge in [-0.05, 0) is 46.5 Å². The van der Waals surface area contributed by atoms with Crippen molar-refractivity contribution in [3.63, 3.8) is 0 Å². The van der Waals surface area contributed by atoms with E-state index in [2.05, 4.69) is 81.9 Å². The third-order valence-electron chi connectivity index (χ3n) is 4.05. The molecule has 0 saturated carbocycles. The van der Waals surface area contributed by atoms with Crippen LogP contribution in [0, 0.1) is 0 Å². The second-order valence-corrected chi connectivity index (χ2v) is 6.18. The van der Waals surface area contributed by atoms with Crippen LogP contribution < -0.4 is 5.32 Å². The van der Waals surface area contributed by atoms with Gasteiger partial charge in [0.2, 0.25) is 0 Å². The number of fused-ring (bicyclic) bond motifs is 3. The monoisotopic (exact) mass is 323 g/mol. The Morgan fingerprint density at radius 3 is 2.55 bits per heavy atom. The van der Waals surface area contributed by atoms with E-state index in [4.69, 9.17) is 0 Å². The van der Waals surface area contributed by atoms with E-state index >= 15 is 0 Å². The molecule has 0 bridgehead atoms. The third kappa shape index (κ3) is 1.92. The maximum Gasteiger partial charge on any atom is 0.0555 e. The first-order valence-corrected chi connectivity index (χ1v) is 7.63. The highest BCUT2D eigenvalue weighted by atomic mass is 79.9. The zero-order chi connectivity index (χ0) is 13.5. The molecule has 20 heavy (non-hydrogen) atoms. The van der Waals surface area contributed by atoms with Gasteiger partial charge in [0.05, 0.1) is 6.04 Å². The minimum absolute atomic E-state index is 0.379. The lowest BCUT2D eigenvalue weighted by atomic mass is 9.98. The van der Waals surface area contributed by atoms with Crippen molar-refractivity contribution in [2.45, 2.75) is 12.5 Å². The molecular weight excluding hydrogens is 310 g/mol. The highest BCUT2D eigenvalue weighted by molar-refractivity contribution is 9.10. The zero-order valence-electron chi connectivity index (χ0n) is 10.9. The molecule has 1 heterocycles. The van der Waals surface area contributed by atoms with Gasteiger partial charge in [-0.25, -0.2) is 0 Å². The van der Waals surface area contributed by atoms with E-state index in [-0.39, 0.29) is 0 Å². The van der Waals surface area contributed by atoms with Crippen molar-refractivity contribution in [1.82, 2.24) is 0 Å². The van der Waals surface area contributed by atoms with E-state index in [0.29, 0.717) is 6.04 Å². The van der Waals surface area contributed by atoms with Gasteiger partial charge in [0, 0.05) is 10.2 Å². The molecule has 3 aromatic rings. The molecule has 1 aliphatic heterocycles. The summed E-state index contributed by atoms with van der Waals surface area (Å²) in [5, 5.41) is 6.34. The number of nitrogens with one attached hydrogen (secondary N) is 1. The van der Waals surface area contributed by atoms with Crippen molar-refractivity contribution in [2.75, 3.05) is 5.32 Å². The molecule has 3 aromatic carbocycles. The lowest BCUT2D eigenvalue weighted by molar-refractivity contribution is 0.827. The fourth-order valence-electron chi connectivity index (χ4n) is 3.03. The maximum atomic E-state index is 3.65. The number of rotatable bonds is 1. The topological polar surface area (TPSA) is 12.0 Å². The van der Waals surface area contributed by atoms with Gasteiger partial charge in [0.15, 0.2) is 0 Å². The van der Waals surface area contributed by atoms with Crippen molar-refractivity contribution in [3.05, 3.63) is 76.3 Å². The summed E-state index contributed by atoms with van der Waals surface area (Å²) < 4.78 is 1.13. The summed E-state index contributed by atoms with van der Waals surface area (Å²) in [5.41, 5.74) is 4.06. The average molecular weight is 324 g/mol. The Labute approximate surface area is 126 Å². The fourth-order valence-corrected chi connectivity index (χ4v) is 3.29. The van der Waals surface area contributed by atoms with Crippen molar-refractivity contribution < 1.29 is 0 Å².